The van der Waals surface area contributed by atoms with Crippen molar-refractivity contribution in [2.24, 2.45) is 0 Å². The number of ether oxygens (including phenoxy) is 3. The van der Waals surface area contributed by atoms with Gasteiger partial charge in [-0.05, 0) is 63.7 Å². The number of Topliss-reactive ketones (excluding diaryl/α,β-unsaturated/α-hetero) is 1. The van der Waals surface area contributed by atoms with Gasteiger partial charge in [-0.15, -0.1) is 0 Å². The Labute approximate surface area is 248 Å². The van der Waals surface area contributed by atoms with Crippen LogP contribution in [0.3, 0.4) is 0 Å². The summed E-state index contributed by atoms with van der Waals surface area (Å²) in [7, 11) is 0. The van der Waals surface area contributed by atoms with Gasteiger partial charge in [-0.1, -0.05) is 0 Å². The number of H-pyrrole nitrogens is 2. The molecule has 0 radical (unpaired) electrons. The number of alkyl halides is 2. The van der Waals surface area contributed by atoms with E-state index in [0.29, 0.717) is 62.0 Å². The zero-order chi connectivity index (χ0) is 30.5. The quantitative estimate of drug-likeness (QED) is 0.186. The lowest BCUT2D eigenvalue weighted by Gasteiger charge is -2.32. The molecular weight excluding hydrogens is 584 g/mol. The van der Waals surface area contributed by atoms with E-state index in [1.54, 1.807) is 25.1 Å². The van der Waals surface area contributed by atoms with Crippen molar-refractivity contribution in [1.82, 2.24) is 20.3 Å². The number of fused-ring (bicyclic) bond motifs is 2. The second kappa shape index (κ2) is 11.1. The SMILES string of the molecule is CCOC(=O)c1[nH]c(OC(C)(C)C)c2c1NC1=C(C(=O)CNC1)C2c1ccc(Sc2nc3ccc(OC(F)F)cc3[nH]2)o1. The number of carbonyl (C=O) groups excluding carboxylic acids is 2. The fraction of sp³-hybridized carbons (Fsp3) is 0.345. The highest BCUT2D eigenvalue weighted by atomic mass is 32.2. The molecule has 4 aromatic rings. The van der Waals surface area contributed by atoms with E-state index in [1.807, 2.05) is 20.8 Å². The average Bonchev–Trinajstić information content (AvgIpc) is 3.64. The third-order valence-electron chi connectivity index (χ3n) is 6.70. The summed E-state index contributed by atoms with van der Waals surface area (Å²) >= 11 is 1.20. The monoisotopic (exact) mass is 613 g/mol. The Balaban J connectivity index is 1.40. The first-order chi connectivity index (χ1) is 20.5. The molecule has 3 aromatic heterocycles. The molecule has 14 heteroatoms. The molecule has 0 spiro atoms. The van der Waals surface area contributed by atoms with Gasteiger partial charge >= 0.3 is 12.6 Å². The van der Waals surface area contributed by atoms with Gasteiger partial charge in [0.2, 0.25) is 0 Å². The first-order valence-corrected chi connectivity index (χ1v) is 14.4. The van der Waals surface area contributed by atoms with Crippen LogP contribution >= 0.6 is 11.8 Å². The van der Waals surface area contributed by atoms with Crippen molar-refractivity contribution in [2.75, 3.05) is 25.0 Å². The predicted octanol–water partition coefficient (Wildman–Crippen LogP) is 5.57. The van der Waals surface area contributed by atoms with Gasteiger partial charge in [0, 0.05) is 23.9 Å². The molecule has 4 N–H and O–H groups in total. The van der Waals surface area contributed by atoms with E-state index in [1.165, 1.54) is 23.9 Å². The largest absolute Gasteiger partial charge is 0.473 e. The van der Waals surface area contributed by atoms with Gasteiger partial charge < -0.3 is 39.2 Å². The lowest BCUT2D eigenvalue weighted by atomic mass is 9.81. The number of benzene rings is 1. The molecule has 226 valence electrons. The average molecular weight is 614 g/mol. The van der Waals surface area contributed by atoms with Crippen LogP contribution in [0.2, 0.25) is 0 Å². The summed E-state index contributed by atoms with van der Waals surface area (Å²) in [6.07, 6.45) is 0. The van der Waals surface area contributed by atoms with Crippen molar-refractivity contribution >= 4 is 40.2 Å². The number of rotatable bonds is 8. The summed E-state index contributed by atoms with van der Waals surface area (Å²) in [6, 6.07) is 7.98. The molecule has 1 atom stereocenters. The topological polar surface area (TPSA) is 144 Å². The van der Waals surface area contributed by atoms with E-state index < -0.39 is 24.1 Å². The van der Waals surface area contributed by atoms with Gasteiger partial charge in [0.05, 0.1) is 41.4 Å². The first kappa shape index (κ1) is 28.8. The van der Waals surface area contributed by atoms with Crippen molar-refractivity contribution in [3.63, 3.8) is 0 Å². The van der Waals surface area contributed by atoms with Crippen molar-refractivity contribution in [3.05, 3.63) is 58.6 Å². The Bertz CT molecular complexity index is 1750. The molecule has 2 aliphatic rings. The number of aromatic amines is 2. The maximum atomic E-state index is 13.3. The number of aromatic nitrogens is 3. The number of nitrogens with zero attached hydrogens (tertiary/aromatic N) is 1. The van der Waals surface area contributed by atoms with Crippen LogP contribution in [0.15, 0.2) is 56.3 Å². The van der Waals surface area contributed by atoms with Gasteiger partial charge in [0.25, 0.3) is 0 Å². The normalized spacial score (nSPS) is 16.7. The second-order valence-electron chi connectivity index (χ2n) is 10.9. The lowest BCUT2D eigenvalue weighted by Crippen LogP contribution is -2.39. The van der Waals surface area contributed by atoms with Gasteiger partial charge in [-0.2, -0.15) is 8.78 Å². The zero-order valence-electron chi connectivity index (χ0n) is 23.7. The van der Waals surface area contributed by atoms with Crippen molar-refractivity contribution in [3.8, 4) is 11.6 Å². The number of esters is 1. The molecule has 1 aromatic carbocycles. The van der Waals surface area contributed by atoms with Crippen LogP contribution in [0, 0.1) is 0 Å². The fourth-order valence-corrected chi connectivity index (χ4v) is 5.93. The highest BCUT2D eigenvalue weighted by molar-refractivity contribution is 7.99. The molecule has 43 heavy (non-hydrogen) atoms. The highest BCUT2D eigenvalue weighted by Gasteiger charge is 2.43. The lowest BCUT2D eigenvalue weighted by molar-refractivity contribution is -0.115. The Morgan fingerprint density at radius 3 is 2.74 bits per heavy atom. The third-order valence-corrected chi connectivity index (χ3v) is 7.50. The van der Waals surface area contributed by atoms with Crippen LogP contribution in [0.4, 0.5) is 14.5 Å². The maximum absolute atomic E-state index is 13.3. The molecule has 6 rings (SSSR count). The highest BCUT2D eigenvalue weighted by Crippen LogP contribution is 2.50. The summed E-state index contributed by atoms with van der Waals surface area (Å²) in [4.78, 5) is 37.0. The summed E-state index contributed by atoms with van der Waals surface area (Å²) < 4.78 is 47.7. The van der Waals surface area contributed by atoms with Crippen LogP contribution in [0.1, 0.15) is 55.4 Å². The molecule has 11 nitrogen and oxygen atoms in total. The molecule has 0 amide bonds. The minimum Gasteiger partial charge on any atom is -0.473 e. The summed E-state index contributed by atoms with van der Waals surface area (Å²) in [6.45, 7) is 5.15. The van der Waals surface area contributed by atoms with Crippen LogP contribution in [0.5, 0.6) is 11.6 Å². The number of anilines is 1. The van der Waals surface area contributed by atoms with Crippen LogP contribution in [-0.2, 0) is 9.53 Å². The minimum absolute atomic E-state index is 0.0161. The van der Waals surface area contributed by atoms with E-state index in [-0.39, 0.29) is 30.4 Å². The molecule has 0 aliphatic carbocycles. The Hall–Kier alpha value is -4.30. The van der Waals surface area contributed by atoms with Gasteiger partial charge in [-0.3, -0.25) is 4.79 Å². The van der Waals surface area contributed by atoms with Crippen molar-refractivity contribution in [2.45, 2.75) is 56.1 Å². The number of halogens is 2. The molecule has 0 fully saturated rings. The Morgan fingerprint density at radius 1 is 1.19 bits per heavy atom. The van der Waals surface area contributed by atoms with E-state index >= 15 is 0 Å². The molecule has 5 heterocycles. The van der Waals surface area contributed by atoms with Crippen LogP contribution in [0.25, 0.3) is 11.0 Å². The summed E-state index contributed by atoms with van der Waals surface area (Å²) in [5.74, 6) is -0.556. The summed E-state index contributed by atoms with van der Waals surface area (Å²) in [5.41, 5.74) is 2.81. The van der Waals surface area contributed by atoms with E-state index in [9.17, 15) is 18.4 Å². The van der Waals surface area contributed by atoms with Crippen molar-refractivity contribution in [1.29, 1.82) is 0 Å². The molecule has 1 unspecified atom stereocenters. The van der Waals surface area contributed by atoms with Gasteiger partial charge in [0.15, 0.2) is 27.6 Å². The number of furan rings is 1. The number of ketones is 1. The zero-order valence-corrected chi connectivity index (χ0v) is 24.5. The van der Waals surface area contributed by atoms with Crippen molar-refractivity contribution < 1.29 is 37.0 Å². The number of nitrogens with one attached hydrogen (secondary N) is 4. The fourth-order valence-electron chi connectivity index (χ4n) is 5.16. The number of carbonyl (C=O) groups is 2. The molecular formula is C29H29F2N5O6S. The Morgan fingerprint density at radius 2 is 2.00 bits per heavy atom. The summed E-state index contributed by atoms with van der Waals surface area (Å²) in [5, 5.41) is 7.32. The van der Waals surface area contributed by atoms with E-state index in [4.69, 9.17) is 13.9 Å². The molecule has 2 aliphatic heterocycles. The van der Waals surface area contributed by atoms with E-state index in [2.05, 4.69) is 30.3 Å². The Kier molecular flexibility index (Phi) is 7.42. The van der Waals surface area contributed by atoms with Gasteiger partial charge in [0.1, 0.15) is 17.1 Å². The molecule has 0 saturated carbocycles. The first-order valence-electron chi connectivity index (χ1n) is 13.6. The second-order valence-corrected chi connectivity index (χ2v) is 11.9. The van der Waals surface area contributed by atoms with Crippen LogP contribution < -0.4 is 20.1 Å². The minimum atomic E-state index is -2.93. The number of hydrogen-bond donors (Lipinski definition) is 4. The van der Waals surface area contributed by atoms with Crippen LogP contribution in [-0.4, -0.2) is 58.6 Å². The predicted molar refractivity (Wildman–Crippen MR) is 153 cm³/mol. The number of imidazole rings is 1. The van der Waals surface area contributed by atoms with E-state index in [0.717, 1.165) is 0 Å². The maximum Gasteiger partial charge on any atom is 0.387 e. The third kappa shape index (κ3) is 5.71. The molecule has 0 bridgehead atoms. The molecule has 0 saturated heterocycles. The standard InChI is InChI=1S/C29H29F2N5O6S/c1-5-39-26(38)24-23-22(25(36-24)42-29(2,3)4)21(20-16(33-23)11-32-12-17(20)37)18-8-9-19(41-18)43-28-34-14-7-6-13(40-27(30)31)10-15(14)35-28/h6-10,21,27,32-33,36H,5,11-12H2,1-4H3,(H,34,35). The smallest absolute Gasteiger partial charge is 0.387 e. The van der Waals surface area contributed by atoms with Gasteiger partial charge in [-0.25, -0.2) is 9.78 Å². The number of hydrogen-bond acceptors (Lipinski definition) is 10.